The van der Waals surface area contributed by atoms with Gasteiger partial charge in [0.05, 0.1) is 12.8 Å². The highest BCUT2D eigenvalue weighted by atomic mass is 16.5. The van der Waals surface area contributed by atoms with E-state index in [0.717, 1.165) is 16.9 Å². The van der Waals surface area contributed by atoms with Gasteiger partial charge in [0.2, 0.25) is 0 Å². The number of likely N-dealkylation sites (N-methyl/N-ethyl adjacent to an activating group) is 1. The maximum Gasteiger partial charge on any atom is 0.280 e. The fraction of sp³-hybridized carbons (Fsp3) is 0.333. The van der Waals surface area contributed by atoms with Gasteiger partial charge in [-0.15, -0.1) is 0 Å². The number of anilines is 1. The predicted molar refractivity (Wildman–Crippen MR) is 103 cm³/mol. The summed E-state index contributed by atoms with van der Waals surface area (Å²) in [6.07, 6.45) is 0.624. The van der Waals surface area contributed by atoms with Crippen LogP contribution >= 0.6 is 0 Å². The van der Waals surface area contributed by atoms with Crippen LogP contribution < -0.4 is 19.7 Å². The van der Waals surface area contributed by atoms with Crippen LogP contribution in [0.2, 0.25) is 0 Å². The first-order valence-corrected chi connectivity index (χ1v) is 8.84. The van der Waals surface area contributed by atoms with Crippen LogP contribution in [0.15, 0.2) is 42.5 Å². The molecule has 1 aliphatic rings. The smallest absolute Gasteiger partial charge is 0.280 e. The van der Waals surface area contributed by atoms with E-state index in [2.05, 4.69) is 5.32 Å². The van der Waals surface area contributed by atoms with Gasteiger partial charge in [0.25, 0.3) is 17.4 Å². The van der Waals surface area contributed by atoms with Gasteiger partial charge in [0.1, 0.15) is 11.5 Å². The van der Waals surface area contributed by atoms with E-state index in [1.165, 1.54) is 11.8 Å². The van der Waals surface area contributed by atoms with E-state index in [-0.39, 0.29) is 5.91 Å². The number of hydrogen-bond acceptors (Lipinski definition) is 4. The molecule has 142 valence electrons. The van der Waals surface area contributed by atoms with Crippen LogP contribution in [0.1, 0.15) is 18.1 Å². The van der Waals surface area contributed by atoms with Crippen molar-refractivity contribution >= 4 is 17.5 Å². The second-order valence-electron chi connectivity index (χ2n) is 6.83. The molecule has 0 saturated carbocycles. The van der Waals surface area contributed by atoms with Crippen molar-refractivity contribution in [3.63, 3.8) is 0 Å². The van der Waals surface area contributed by atoms with Gasteiger partial charge in [-0.1, -0.05) is 18.2 Å². The molecule has 1 atom stereocenters. The quantitative estimate of drug-likeness (QED) is 0.824. The third kappa shape index (κ3) is 3.60. The van der Waals surface area contributed by atoms with Crippen LogP contribution in [-0.4, -0.2) is 38.1 Å². The van der Waals surface area contributed by atoms with Crippen LogP contribution in [0, 0.1) is 6.92 Å². The van der Waals surface area contributed by atoms with Crippen LogP contribution in [-0.2, 0) is 16.0 Å². The zero-order valence-electron chi connectivity index (χ0n) is 16.0. The number of carbonyl (C=O) groups is 2. The lowest BCUT2D eigenvalue weighted by Gasteiger charge is -2.38. The molecule has 0 radical (unpaired) electrons. The Morgan fingerprint density at radius 1 is 1.26 bits per heavy atom. The zero-order valence-corrected chi connectivity index (χ0v) is 16.0. The minimum absolute atomic E-state index is 0.389. The number of rotatable bonds is 5. The molecule has 6 heteroatoms. The van der Waals surface area contributed by atoms with Gasteiger partial charge in [-0.3, -0.25) is 9.59 Å². The maximum atomic E-state index is 12.8. The molecule has 2 aromatic carbocycles. The Kier molecular flexibility index (Phi) is 5.08. The SMILES string of the molecule is COc1cccc(CCNC(=O)C2(C)Oc3ccc(C)cc3N(C)C2=O)c1. The summed E-state index contributed by atoms with van der Waals surface area (Å²) in [5, 5.41) is 2.82. The van der Waals surface area contributed by atoms with Gasteiger partial charge >= 0.3 is 0 Å². The van der Waals surface area contributed by atoms with Crippen molar-refractivity contribution in [3.05, 3.63) is 53.6 Å². The maximum absolute atomic E-state index is 12.8. The molecule has 1 heterocycles. The molecule has 3 rings (SSSR count). The summed E-state index contributed by atoms with van der Waals surface area (Å²) in [4.78, 5) is 27.0. The van der Waals surface area contributed by atoms with E-state index >= 15 is 0 Å². The second kappa shape index (κ2) is 7.31. The first-order chi connectivity index (χ1) is 12.8. The molecule has 2 amide bonds. The lowest BCUT2D eigenvalue weighted by Crippen LogP contribution is -2.61. The molecule has 27 heavy (non-hydrogen) atoms. The minimum Gasteiger partial charge on any atom is -0.497 e. The Bertz CT molecular complexity index is 880. The molecule has 6 nitrogen and oxygen atoms in total. The number of fused-ring (bicyclic) bond motifs is 1. The Morgan fingerprint density at radius 3 is 2.78 bits per heavy atom. The van der Waals surface area contributed by atoms with Crippen molar-refractivity contribution in [2.75, 3.05) is 25.6 Å². The number of aryl methyl sites for hydroxylation is 1. The van der Waals surface area contributed by atoms with Gasteiger partial charge in [-0.05, 0) is 55.7 Å². The summed E-state index contributed by atoms with van der Waals surface area (Å²) in [5.41, 5.74) is 1.13. The van der Waals surface area contributed by atoms with E-state index in [1.807, 2.05) is 43.3 Å². The lowest BCUT2D eigenvalue weighted by molar-refractivity contribution is -0.148. The van der Waals surface area contributed by atoms with Gasteiger partial charge < -0.3 is 19.7 Å². The number of amides is 2. The third-order valence-electron chi connectivity index (χ3n) is 4.77. The average molecular weight is 368 g/mol. The van der Waals surface area contributed by atoms with Crippen molar-refractivity contribution < 1.29 is 19.1 Å². The second-order valence-corrected chi connectivity index (χ2v) is 6.83. The Hall–Kier alpha value is -3.02. The van der Waals surface area contributed by atoms with Crippen molar-refractivity contribution in [1.29, 1.82) is 0 Å². The van der Waals surface area contributed by atoms with Crippen LogP contribution in [0.3, 0.4) is 0 Å². The summed E-state index contributed by atoms with van der Waals surface area (Å²) in [6.45, 7) is 3.84. The zero-order chi connectivity index (χ0) is 19.6. The molecule has 0 aromatic heterocycles. The summed E-state index contributed by atoms with van der Waals surface area (Å²) in [6, 6.07) is 13.2. The molecule has 1 aliphatic heterocycles. The molecule has 0 bridgehead atoms. The number of methoxy groups -OCH3 is 1. The van der Waals surface area contributed by atoms with Crippen LogP contribution in [0.5, 0.6) is 11.5 Å². The summed E-state index contributed by atoms with van der Waals surface area (Å²) < 4.78 is 11.0. The summed E-state index contributed by atoms with van der Waals surface area (Å²) in [7, 11) is 3.27. The average Bonchev–Trinajstić information content (AvgIpc) is 2.67. The van der Waals surface area contributed by atoms with E-state index < -0.39 is 11.5 Å². The molecule has 2 aromatic rings. The molecule has 0 fully saturated rings. The molecular formula is C21H24N2O4. The van der Waals surface area contributed by atoms with Crippen LogP contribution in [0.4, 0.5) is 5.69 Å². The number of hydrogen-bond donors (Lipinski definition) is 1. The van der Waals surface area contributed by atoms with E-state index in [0.29, 0.717) is 24.4 Å². The number of carbonyl (C=O) groups excluding carboxylic acids is 2. The fourth-order valence-electron chi connectivity index (χ4n) is 3.13. The molecule has 0 aliphatic carbocycles. The number of nitrogens with zero attached hydrogens (tertiary/aromatic N) is 1. The van der Waals surface area contributed by atoms with E-state index in [4.69, 9.17) is 9.47 Å². The normalized spacial score (nSPS) is 18.5. The fourth-order valence-corrected chi connectivity index (χ4v) is 3.13. The minimum atomic E-state index is -1.59. The van der Waals surface area contributed by atoms with Gasteiger partial charge in [-0.25, -0.2) is 0 Å². The van der Waals surface area contributed by atoms with Crippen LogP contribution in [0.25, 0.3) is 0 Å². The van der Waals surface area contributed by atoms with Gasteiger partial charge in [-0.2, -0.15) is 0 Å². The number of ether oxygens (including phenoxy) is 2. The standard InChI is InChI=1S/C21H24N2O4/c1-14-8-9-18-17(12-14)23(3)20(25)21(2,27-18)19(24)22-11-10-15-6-5-7-16(13-15)26-4/h5-9,12-13H,10-11H2,1-4H3,(H,22,24). The Labute approximate surface area is 159 Å². The van der Waals surface area contributed by atoms with Crippen molar-refractivity contribution in [1.82, 2.24) is 5.32 Å². The Morgan fingerprint density at radius 2 is 2.04 bits per heavy atom. The largest absolute Gasteiger partial charge is 0.497 e. The molecular weight excluding hydrogens is 344 g/mol. The first-order valence-electron chi connectivity index (χ1n) is 8.84. The summed E-state index contributed by atoms with van der Waals surface area (Å²) >= 11 is 0. The topological polar surface area (TPSA) is 67.9 Å². The highest BCUT2D eigenvalue weighted by Gasteiger charge is 2.49. The van der Waals surface area contributed by atoms with Gasteiger partial charge in [0.15, 0.2) is 0 Å². The van der Waals surface area contributed by atoms with E-state index in [1.54, 1.807) is 20.2 Å². The van der Waals surface area contributed by atoms with E-state index in [9.17, 15) is 9.59 Å². The first kappa shape index (κ1) is 18.8. The predicted octanol–water partition coefficient (Wildman–Crippen LogP) is 2.48. The highest BCUT2D eigenvalue weighted by Crippen LogP contribution is 2.37. The third-order valence-corrected chi connectivity index (χ3v) is 4.77. The lowest BCUT2D eigenvalue weighted by atomic mass is 9.99. The van der Waals surface area contributed by atoms with Crippen molar-refractivity contribution in [3.8, 4) is 11.5 Å². The number of nitrogens with one attached hydrogen (secondary N) is 1. The Balaban J connectivity index is 1.70. The molecule has 1 N–H and O–H groups in total. The molecule has 1 unspecified atom stereocenters. The van der Waals surface area contributed by atoms with Crippen molar-refractivity contribution in [2.24, 2.45) is 0 Å². The molecule has 0 saturated heterocycles. The van der Waals surface area contributed by atoms with Crippen molar-refractivity contribution in [2.45, 2.75) is 25.9 Å². The highest BCUT2D eigenvalue weighted by molar-refractivity contribution is 6.16. The molecule has 0 spiro atoms. The van der Waals surface area contributed by atoms with Gasteiger partial charge in [0, 0.05) is 13.6 Å². The monoisotopic (exact) mass is 368 g/mol. The number of benzene rings is 2. The summed E-state index contributed by atoms with van der Waals surface area (Å²) in [5.74, 6) is 0.450.